The van der Waals surface area contributed by atoms with Crippen molar-refractivity contribution in [2.75, 3.05) is 6.54 Å². The molecular formula is C20H22FN3O. The number of nitrogens with zero attached hydrogens (tertiary/aromatic N) is 2. The number of imidazole rings is 1. The van der Waals surface area contributed by atoms with E-state index in [1.165, 1.54) is 11.6 Å². The van der Waals surface area contributed by atoms with E-state index in [2.05, 4.69) is 34.6 Å². The van der Waals surface area contributed by atoms with E-state index in [0.29, 0.717) is 24.9 Å². The molecular weight excluding hydrogens is 317 g/mol. The molecule has 0 radical (unpaired) electrons. The molecule has 1 aromatic heterocycles. The molecule has 0 bridgehead atoms. The van der Waals surface area contributed by atoms with Gasteiger partial charge >= 0.3 is 0 Å². The number of carbonyl (C=O) groups is 1. The molecule has 0 unspecified atom stereocenters. The van der Waals surface area contributed by atoms with Crippen LogP contribution in [0.2, 0.25) is 0 Å². The van der Waals surface area contributed by atoms with Crippen LogP contribution in [0.25, 0.3) is 11.0 Å². The highest BCUT2D eigenvalue weighted by atomic mass is 19.1. The summed E-state index contributed by atoms with van der Waals surface area (Å²) in [6.45, 7) is 2.54. The van der Waals surface area contributed by atoms with Crippen molar-refractivity contribution in [1.29, 1.82) is 0 Å². The van der Waals surface area contributed by atoms with Gasteiger partial charge in [-0.25, -0.2) is 9.37 Å². The number of halogens is 1. The smallest absolute Gasteiger partial charge is 0.220 e. The van der Waals surface area contributed by atoms with Gasteiger partial charge < -0.3 is 9.88 Å². The number of aromatic nitrogens is 2. The van der Waals surface area contributed by atoms with Crippen molar-refractivity contribution in [1.82, 2.24) is 14.9 Å². The van der Waals surface area contributed by atoms with Crippen LogP contribution >= 0.6 is 0 Å². The molecule has 0 saturated heterocycles. The van der Waals surface area contributed by atoms with E-state index in [-0.39, 0.29) is 11.7 Å². The maximum absolute atomic E-state index is 13.8. The Hall–Kier alpha value is -2.69. The number of aryl methyl sites for hydroxylation is 3. The normalized spacial score (nSPS) is 11.0. The maximum atomic E-state index is 13.8. The van der Waals surface area contributed by atoms with Gasteiger partial charge in [0.1, 0.15) is 11.3 Å². The van der Waals surface area contributed by atoms with Crippen LogP contribution in [0.4, 0.5) is 4.39 Å². The minimum atomic E-state index is -0.318. The first-order valence-corrected chi connectivity index (χ1v) is 8.46. The molecule has 0 fully saturated rings. The van der Waals surface area contributed by atoms with Crippen LogP contribution in [0.1, 0.15) is 23.4 Å². The van der Waals surface area contributed by atoms with Gasteiger partial charge in [0, 0.05) is 26.4 Å². The van der Waals surface area contributed by atoms with E-state index in [4.69, 9.17) is 0 Å². The van der Waals surface area contributed by atoms with E-state index in [1.807, 2.05) is 24.6 Å². The van der Waals surface area contributed by atoms with Crippen LogP contribution in [0.3, 0.4) is 0 Å². The van der Waals surface area contributed by atoms with Crippen LogP contribution in [-0.2, 0) is 24.7 Å². The van der Waals surface area contributed by atoms with E-state index in [1.54, 1.807) is 6.07 Å². The first kappa shape index (κ1) is 17.1. The number of fused-ring (bicyclic) bond motifs is 1. The summed E-state index contributed by atoms with van der Waals surface area (Å²) in [5.41, 5.74) is 3.52. The molecule has 0 spiro atoms. The molecule has 0 saturated carbocycles. The molecule has 0 aliphatic rings. The number of hydrogen-bond donors (Lipinski definition) is 1. The van der Waals surface area contributed by atoms with Crippen LogP contribution in [-0.4, -0.2) is 22.0 Å². The Morgan fingerprint density at radius 3 is 2.64 bits per heavy atom. The summed E-state index contributed by atoms with van der Waals surface area (Å²) in [6.07, 6.45) is 1.75. The third-order valence-corrected chi connectivity index (χ3v) is 4.39. The zero-order valence-electron chi connectivity index (χ0n) is 14.6. The molecule has 0 aliphatic carbocycles. The Balaban J connectivity index is 1.51. The number of amides is 1. The fraction of sp³-hybridized carbons (Fsp3) is 0.300. The standard InChI is InChI=1S/C20H22FN3O/c1-14-6-8-15(9-7-14)10-11-19(25)22-13-12-18-23-20-16(21)4-3-5-17(20)24(18)2/h3-9H,10-13H2,1-2H3,(H,22,25). The fourth-order valence-electron chi connectivity index (χ4n) is 2.87. The molecule has 0 aliphatic heterocycles. The summed E-state index contributed by atoms with van der Waals surface area (Å²) in [7, 11) is 1.86. The SMILES string of the molecule is Cc1ccc(CCC(=O)NCCc2nc3c(F)cccc3n2C)cc1. The predicted molar refractivity (Wildman–Crippen MR) is 96.9 cm³/mol. The molecule has 0 atom stereocenters. The Kier molecular flexibility index (Phi) is 5.12. The van der Waals surface area contributed by atoms with E-state index in [9.17, 15) is 9.18 Å². The minimum Gasteiger partial charge on any atom is -0.356 e. The van der Waals surface area contributed by atoms with Crippen LogP contribution in [0.15, 0.2) is 42.5 Å². The van der Waals surface area contributed by atoms with E-state index < -0.39 is 0 Å². The van der Waals surface area contributed by atoms with Gasteiger partial charge in [0.2, 0.25) is 5.91 Å². The van der Waals surface area contributed by atoms with Crippen molar-refractivity contribution in [3.8, 4) is 0 Å². The van der Waals surface area contributed by atoms with Crippen molar-refractivity contribution in [3.05, 3.63) is 65.2 Å². The molecule has 1 amide bonds. The minimum absolute atomic E-state index is 0.0190. The van der Waals surface area contributed by atoms with Gasteiger partial charge in [-0.2, -0.15) is 0 Å². The molecule has 3 aromatic rings. The Labute approximate surface area is 146 Å². The summed E-state index contributed by atoms with van der Waals surface area (Å²) >= 11 is 0. The largest absolute Gasteiger partial charge is 0.356 e. The number of carbonyl (C=O) groups excluding carboxylic acids is 1. The molecule has 25 heavy (non-hydrogen) atoms. The highest BCUT2D eigenvalue weighted by Crippen LogP contribution is 2.18. The van der Waals surface area contributed by atoms with Crippen molar-refractivity contribution in [2.24, 2.45) is 7.05 Å². The fourth-order valence-corrected chi connectivity index (χ4v) is 2.87. The average molecular weight is 339 g/mol. The van der Waals surface area contributed by atoms with Crippen molar-refractivity contribution >= 4 is 16.9 Å². The molecule has 1 heterocycles. The lowest BCUT2D eigenvalue weighted by atomic mass is 10.1. The Morgan fingerprint density at radius 2 is 1.92 bits per heavy atom. The lowest BCUT2D eigenvalue weighted by molar-refractivity contribution is -0.121. The number of hydrogen-bond acceptors (Lipinski definition) is 2. The second-order valence-corrected chi connectivity index (χ2v) is 6.28. The van der Waals surface area contributed by atoms with Gasteiger partial charge in [-0.15, -0.1) is 0 Å². The maximum Gasteiger partial charge on any atom is 0.220 e. The van der Waals surface area contributed by atoms with Crippen molar-refractivity contribution in [2.45, 2.75) is 26.2 Å². The van der Waals surface area contributed by atoms with Gasteiger partial charge in [-0.1, -0.05) is 35.9 Å². The lowest BCUT2D eigenvalue weighted by Crippen LogP contribution is -2.26. The third-order valence-electron chi connectivity index (χ3n) is 4.39. The topological polar surface area (TPSA) is 46.9 Å². The summed E-state index contributed by atoms with van der Waals surface area (Å²) in [5, 5.41) is 2.91. The first-order valence-electron chi connectivity index (χ1n) is 8.46. The van der Waals surface area contributed by atoms with Crippen LogP contribution < -0.4 is 5.32 Å². The van der Waals surface area contributed by atoms with E-state index in [0.717, 1.165) is 23.3 Å². The lowest BCUT2D eigenvalue weighted by Gasteiger charge is -2.06. The summed E-state index contributed by atoms with van der Waals surface area (Å²) < 4.78 is 15.6. The highest BCUT2D eigenvalue weighted by molar-refractivity contribution is 5.77. The second kappa shape index (κ2) is 7.47. The quantitative estimate of drug-likeness (QED) is 0.749. The van der Waals surface area contributed by atoms with Crippen molar-refractivity contribution < 1.29 is 9.18 Å². The predicted octanol–water partition coefficient (Wildman–Crippen LogP) is 3.31. The van der Waals surface area contributed by atoms with Gasteiger partial charge in [0.25, 0.3) is 0 Å². The number of para-hydroxylation sites is 1. The van der Waals surface area contributed by atoms with Gasteiger partial charge in [-0.05, 0) is 31.0 Å². The monoisotopic (exact) mass is 339 g/mol. The zero-order valence-corrected chi connectivity index (χ0v) is 14.6. The molecule has 4 nitrogen and oxygen atoms in total. The van der Waals surface area contributed by atoms with Crippen molar-refractivity contribution in [3.63, 3.8) is 0 Å². The average Bonchev–Trinajstić information content (AvgIpc) is 2.92. The molecule has 1 N–H and O–H groups in total. The van der Waals surface area contributed by atoms with E-state index >= 15 is 0 Å². The number of benzene rings is 2. The Morgan fingerprint density at radius 1 is 1.16 bits per heavy atom. The molecule has 130 valence electrons. The Bertz CT molecular complexity index is 884. The highest BCUT2D eigenvalue weighted by Gasteiger charge is 2.11. The van der Waals surface area contributed by atoms with Gasteiger partial charge in [-0.3, -0.25) is 4.79 Å². The molecule has 3 rings (SSSR count). The number of rotatable bonds is 6. The molecule has 5 heteroatoms. The summed E-state index contributed by atoms with van der Waals surface area (Å²) in [5.74, 6) is 0.464. The van der Waals surface area contributed by atoms with Crippen LogP contribution in [0, 0.1) is 12.7 Å². The van der Waals surface area contributed by atoms with Gasteiger partial charge in [0.15, 0.2) is 5.82 Å². The molecule has 2 aromatic carbocycles. The third kappa shape index (κ3) is 4.05. The van der Waals surface area contributed by atoms with Gasteiger partial charge in [0.05, 0.1) is 5.52 Å². The zero-order chi connectivity index (χ0) is 17.8. The first-order chi connectivity index (χ1) is 12.0. The summed E-state index contributed by atoms with van der Waals surface area (Å²) in [4.78, 5) is 16.3. The summed E-state index contributed by atoms with van der Waals surface area (Å²) in [6, 6.07) is 13.1. The second-order valence-electron chi connectivity index (χ2n) is 6.28. The number of nitrogens with one attached hydrogen (secondary N) is 1. The van der Waals surface area contributed by atoms with Crippen LogP contribution in [0.5, 0.6) is 0 Å².